The molecule has 1 aromatic heterocycles. The van der Waals surface area contributed by atoms with E-state index in [2.05, 4.69) is 206 Å². The first kappa shape index (κ1) is 30.2. The highest BCUT2D eigenvalue weighted by molar-refractivity contribution is 6.21. The van der Waals surface area contributed by atoms with Crippen molar-refractivity contribution in [3.05, 3.63) is 200 Å². The van der Waals surface area contributed by atoms with Crippen molar-refractivity contribution in [2.75, 3.05) is 0 Å². The molecule has 9 aromatic carbocycles. The summed E-state index contributed by atoms with van der Waals surface area (Å²) in [5.74, 6) is 0. The van der Waals surface area contributed by atoms with Crippen LogP contribution in [0.3, 0.4) is 0 Å². The first-order valence-corrected chi connectivity index (χ1v) is 18.0. The van der Waals surface area contributed by atoms with Gasteiger partial charge in [-0.3, -0.25) is 0 Å². The second kappa shape index (κ2) is 12.3. The van der Waals surface area contributed by atoms with Crippen molar-refractivity contribution in [3.63, 3.8) is 0 Å². The average Bonchev–Trinajstić information content (AvgIpc) is 3.54. The van der Waals surface area contributed by atoms with Gasteiger partial charge in [0.1, 0.15) is 0 Å². The Morgan fingerprint density at radius 1 is 0.288 bits per heavy atom. The second-order valence-corrected chi connectivity index (χ2v) is 13.8. The van der Waals surface area contributed by atoms with E-state index in [0.717, 1.165) is 5.69 Å². The lowest BCUT2D eigenvalue weighted by atomic mass is 9.86. The van der Waals surface area contributed by atoms with Crippen molar-refractivity contribution in [2.24, 2.45) is 0 Å². The predicted molar refractivity (Wildman–Crippen MR) is 222 cm³/mol. The fourth-order valence-electron chi connectivity index (χ4n) is 8.16. The fourth-order valence-corrected chi connectivity index (χ4v) is 8.16. The maximum atomic E-state index is 2.41. The topological polar surface area (TPSA) is 4.93 Å². The largest absolute Gasteiger partial charge is 0.309 e. The number of fused-ring (bicyclic) bond motifs is 5. The molecule has 0 saturated heterocycles. The van der Waals surface area contributed by atoms with Gasteiger partial charge in [0.25, 0.3) is 0 Å². The van der Waals surface area contributed by atoms with Gasteiger partial charge in [-0.25, -0.2) is 0 Å². The number of hydrogen-bond acceptors (Lipinski definition) is 0. The van der Waals surface area contributed by atoms with Crippen LogP contribution in [0, 0.1) is 6.92 Å². The number of para-hydroxylation sites is 1. The maximum Gasteiger partial charge on any atom is 0.0541 e. The zero-order valence-corrected chi connectivity index (χ0v) is 28.9. The van der Waals surface area contributed by atoms with E-state index < -0.39 is 0 Å². The van der Waals surface area contributed by atoms with E-state index in [1.54, 1.807) is 0 Å². The number of hydrogen-bond donors (Lipinski definition) is 0. The molecule has 0 N–H and O–H groups in total. The van der Waals surface area contributed by atoms with E-state index >= 15 is 0 Å². The molecule has 0 aliphatic carbocycles. The normalized spacial score (nSPS) is 11.6. The highest BCUT2D eigenvalue weighted by Crippen LogP contribution is 2.44. The van der Waals surface area contributed by atoms with Crippen LogP contribution in [0.1, 0.15) is 5.56 Å². The predicted octanol–water partition coefficient (Wildman–Crippen LogP) is 14.1. The van der Waals surface area contributed by atoms with Crippen molar-refractivity contribution in [1.29, 1.82) is 0 Å². The molecule has 1 heteroatoms. The third-order valence-corrected chi connectivity index (χ3v) is 10.7. The molecule has 0 bridgehead atoms. The summed E-state index contributed by atoms with van der Waals surface area (Å²) in [5.41, 5.74) is 14.8. The van der Waals surface area contributed by atoms with Crippen molar-refractivity contribution in [3.8, 4) is 50.2 Å². The molecule has 244 valence electrons. The molecular weight excluding hydrogens is 627 g/mol. The lowest BCUT2D eigenvalue weighted by Crippen LogP contribution is -1.94. The van der Waals surface area contributed by atoms with Crippen LogP contribution < -0.4 is 0 Å². The van der Waals surface area contributed by atoms with Crippen LogP contribution in [0.5, 0.6) is 0 Å². The number of nitrogens with zero attached hydrogens (tertiary/aromatic N) is 1. The number of aryl methyl sites for hydroxylation is 1. The quantitative estimate of drug-likeness (QED) is 0.162. The fraction of sp³-hybridized carbons (Fsp3) is 0.0196. The molecule has 0 fully saturated rings. The number of benzene rings is 9. The van der Waals surface area contributed by atoms with Gasteiger partial charge in [-0.05, 0) is 103 Å². The van der Waals surface area contributed by atoms with Crippen LogP contribution >= 0.6 is 0 Å². The molecule has 0 amide bonds. The Balaban J connectivity index is 1.08. The molecule has 0 atom stereocenters. The Bertz CT molecular complexity index is 2850. The van der Waals surface area contributed by atoms with E-state index in [1.165, 1.54) is 93.4 Å². The van der Waals surface area contributed by atoms with Crippen LogP contribution in [0.2, 0.25) is 0 Å². The average molecular weight is 662 g/mol. The summed E-state index contributed by atoms with van der Waals surface area (Å²) in [4.78, 5) is 0. The minimum absolute atomic E-state index is 1.15. The highest BCUT2D eigenvalue weighted by Gasteiger charge is 2.18. The smallest absolute Gasteiger partial charge is 0.0541 e. The van der Waals surface area contributed by atoms with E-state index in [4.69, 9.17) is 0 Å². The lowest BCUT2D eigenvalue weighted by Gasteiger charge is -2.18. The SMILES string of the molecule is Cc1ccc(-c2ccc(-c3ccc4c(c3)c3ccccc3n4-c3ccc(-c4c5ccccc5c(-c5ccccc5)c5ccccc45)cc3)cc2)cc1. The monoisotopic (exact) mass is 661 g/mol. The van der Waals surface area contributed by atoms with Crippen LogP contribution in [0.4, 0.5) is 0 Å². The summed E-state index contributed by atoms with van der Waals surface area (Å²) in [6.45, 7) is 2.13. The number of aromatic nitrogens is 1. The maximum absolute atomic E-state index is 2.41. The molecule has 52 heavy (non-hydrogen) atoms. The Morgan fingerprint density at radius 2 is 0.692 bits per heavy atom. The molecule has 0 radical (unpaired) electrons. The van der Waals surface area contributed by atoms with Crippen molar-refractivity contribution in [2.45, 2.75) is 6.92 Å². The zero-order chi connectivity index (χ0) is 34.6. The Morgan fingerprint density at radius 3 is 1.27 bits per heavy atom. The molecule has 0 aliphatic rings. The van der Waals surface area contributed by atoms with E-state index in [9.17, 15) is 0 Å². The molecular formula is C51H35N. The van der Waals surface area contributed by atoms with E-state index in [1.807, 2.05) is 0 Å². The Hall–Kier alpha value is -6.70. The summed E-state index contributed by atoms with van der Waals surface area (Å²) < 4.78 is 2.41. The van der Waals surface area contributed by atoms with Crippen molar-refractivity contribution >= 4 is 43.4 Å². The number of rotatable bonds is 5. The minimum Gasteiger partial charge on any atom is -0.309 e. The van der Waals surface area contributed by atoms with Crippen LogP contribution in [0.25, 0.3) is 93.5 Å². The van der Waals surface area contributed by atoms with Gasteiger partial charge in [-0.2, -0.15) is 0 Å². The van der Waals surface area contributed by atoms with Crippen molar-refractivity contribution in [1.82, 2.24) is 4.57 Å². The lowest BCUT2D eigenvalue weighted by molar-refractivity contribution is 1.18. The molecule has 0 saturated carbocycles. The third kappa shape index (κ3) is 4.93. The highest BCUT2D eigenvalue weighted by atomic mass is 15.0. The molecule has 10 aromatic rings. The van der Waals surface area contributed by atoms with Crippen LogP contribution in [0.15, 0.2) is 194 Å². The van der Waals surface area contributed by atoms with Gasteiger partial charge in [0.15, 0.2) is 0 Å². The van der Waals surface area contributed by atoms with Gasteiger partial charge in [-0.1, -0.05) is 169 Å². The van der Waals surface area contributed by atoms with Crippen molar-refractivity contribution < 1.29 is 0 Å². The first-order valence-electron chi connectivity index (χ1n) is 18.0. The molecule has 0 unspecified atom stereocenters. The van der Waals surface area contributed by atoms with Gasteiger partial charge >= 0.3 is 0 Å². The standard InChI is InChI=1S/C51H35N/c1-34-19-21-35(22-20-34)36-23-25-37(26-24-36)40-29-32-49-47(33-40)42-13-9-10-18-48(42)52(49)41-30-27-39(28-31-41)51-45-16-7-5-14-43(45)50(38-11-3-2-4-12-38)44-15-6-8-17-46(44)51/h2-33H,1H3. The molecule has 10 rings (SSSR count). The Labute approximate surface area is 303 Å². The summed E-state index contributed by atoms with van der Waals surface area (Å²) >= 11 is 0. The second-order valence-electron chi connectivity index (χ2n) is 13.8. The summed E-state index contributed by atoms with van der Waals surface area (Å²) in [7, 11) is 0. The Kier molecular flexibility index (Phi) is 7.11. The van der Waals surface area contributed by atoms with Crippen LogP contribution in [-0.4, -0.2) is 4.57 Å². The first-order chi connectivity index (χ1) is 25.7. The van der Waals surface area contributed by atoms with Gasteiger partial charge < -0.3 is 4.57 Å². The van der Waals surface area contributed by atoms with Gasteiger partial charge in [0, 0.05) is 16.5 Å². The summed E-state index contributed by atoms with van der Waals surface area (Å²) in [6, 6.07) is 71.1. The molecule has 0 aliphatic heterocycles. The summed E-state index contributed by atoms with van der Waals surface area (Å²) in [6.07, 6.45) is 0. The minimum atomic E-state index is 1.15. The summed E-state index contributed by atoms with van der Waals surface area (Å²) in [5, 5.41) is 7.60. The third-order valence-electron chi connectivity index (χ3n) is 10.7. The molecule has 1 heterocycles. The van der Waals surface area contributed by atoms with E-state index in [0.29, 0.717) is 0 Å². The zero-order valence-electron chi connectivity index (χ0n) is 28.9. The van der Waals surface area contributed by atoms with E-state index in [-0.39, 0.29) is 0 Å². The van der Waals surface area contributed by atoms with Gasteiger partial charge in [0.05, 0.1) is 11.0 Å². The molecule has 1 nitrogen and oxygen atoms in total. The van der Waals surface area contributed by atoms with Gasteiger partial charge in [0.2, 0.25) is 0 Å². The van der Waals surface area contributed by atoms with Gasteiger partial charge in [-0.15, -0.1) is 0 Å². The molecule has 0 spiro atoms. The van der Waals surface area contributed by atoms with Crippen LogP contribution in [-0.2, 0) is 0 Å².